The van der Waals surface area contributed by atoms with E-state index in [4.69, 9.17) is 10.5 Å². The summed E-state index contributed by atoms with van der Waals surface area (Å²) in [7, 11) is 0. The van der Waals surface area contributed by atoms with Gasteiger partial charge in [0.05, 0.1) is 0 Å². The number of ether oxygens (including phenoxy) is 1. The zero-order valence-corrected chi connectivity index (χ0v) is 10.9. The minimum Gasteiger partial charge on any atom is -0.488 e. The Kier molecular flexibility index (Phi) is 3.87. The molecule has 0 bridgehead atoms. The van der Waals surface area contributed by atoms with Crippen LogP contribution in [-0.4, -0.2) is 12.6 Å². The molecule has 3 heteroatoms. The van der Waals surface area contributed by atoms with E-state index in [1.54, 1.807) is 0 Å². The second-order valence-electron chi connectivity index (χ2n) is 5.22. The van der Waals surface area contributed by atoms with Crippen molar-refractivity contribution in [3.63, 3.8) is 0 Å². The minimum atomic E-state index is 0. The number of rotatable bonds is 1. The highest BCUT2D eigenvalue weighted by molar-refractivity contribution is 5.85. The summed E-state index contributed by atoms with van der Waals surface area (Å²) in [5, 5.41) is 0. The molecule has 2 rings (SSSR count). The molecule has 0 aromatic heterocycles. The van der Waals surface area contributed by atoms with Crippen molar-refractivity contribution in [2.24, 2.45) is 5.73 Å². The quantitative estimate of drug-likeness (QED) is 0.821. The lowest BCUT2D eigenvalue weighted by Crippen LogP contribution is -2.24. The van der Waals surface area contributed by atoms with Gasteiger partial charge in [0.15, 0.2) is 0 Å². The highest BCUT2D eigenvalue weighted by Gasteiger charge is 2.28. The van der Waals surface area contributed by atoms with Gasteiger partial charge in [-0.3, -0.25) is 0 Å². The number of hydrogen-bond acceptors (Lipinski definition) is 2. The van der Waals surface area contributed by atoms with Gasteiger partial charge in [0.25, 0.3) is 0 Å². The molecule has 0 saturated heterocycles. The Bertz CT molecular complexity index is 371. The maximum absolute atomic E-state index is 5.89. The Balaban J connectivity index is 0.00000128. The molecule has 0 amide bonds. The van der Waals surface area contributed by atoms with Gasteiger partial charge >= 0.3 is 0 Å². The van der Waals surface area contributed by atoms with Gasteiger partial charge in [-0.15, -0.1) is 12.4 Å². The van der Waals surface area contributed by atoms with Crippen LogP contribution >= 0.6 is 12.4 Å². The van der Waals surface area contributed by atoms with Crippen molar-refractivity contribution in [3.8, 4) is 5.75 Å². The molecule has 0 aliphatic carbocycles. The lowest BCUT2D eigenvalue weighted by atomic mass is 9.85. The third-order valence-corrected chi connectivity index (χ3v) is 2.90. The van der Waals surface area contributed by atoms with Crippen molar-refractivity contribution >= 4 is 12.4 Å². The van der Waals surface area contributed by atoms with E-state index in [0.717, 1.165) is 12.2 Å². The van der Waals surface area contributed by atoms with Crippen molar-refractivity contribution in [1.82, 2.24) is 0 Å². The van der Waals surface area contributed by atoms with E-state index >= 15 is 0 Å². The van der Waals surface area contributed by atoms with Gasteiger partial charge in [-0.25, -0.2) is 0 Å². The lowest BCUT2D eigenvalue weighted by molar-refractivity contribution is 0.237. The van der Waals surface area contributed by atoms with Crippen molar-refractivity contribution in [2.45, 2.75) is 38.7 Å². The van der Waals surface area contributed by atoms with Crippen LogP contribution in [0.5, 0.6) is 5.75 Å². The molecule has 1 atom stereocenters. The fraction of sp³-hybridized carbons (Fsp3) is 0.538. The SMILES string of the molecule is CC(C)(C)c1cccc2c1OC(CN)C2.Cl. The Morgan fingerprint density at radius 2 is 2.06 bits per heavy atom. The minimum absolute atomic E-state index is 0. The van der Waals surface area contributed by atoms with Gasteiger partial charge in [0.1, 0.15) is 11.9 Å². The number of para-hydroxylation sites is 1. The fourth-order valence-corrected chi connectivity index (χ4v) is 2.06. The second-order valence-corrected chi connectivity index (χ2v) is 5.22. The van der Waals surface area contributed by atoms with Crippen LogP contribution in [0.25, 0.3) is 0 Å². The molecule has 1 aliphatic heterocycles. The Labute approximate surface area is 104 Å². The first-order chi connectivity index (χ1) is 7.02. The van der Waals surface area contributed by atoms with Gasteiger partial charge in [-0.2, -0.15) is 0 Å². The number of nitrogens with two attached hydrogens (primary N) is 1. The number of fused-ring (bicyclic) bond motifs is 1. The van der Waals surface area contributed by atoms with Gasteiger partial charge in [0, 0.05) is 13.0 Å². The molecule has 1 aromatic carbocycles. The molecule has 0 radical (unpaired) electrons. The first-order valence-electron chi connectivity index (χ1n) is 5.51. The number of hydrogen-bond donors (Lipinski definition) is 1. The molecule has 2 nitrogen and oxygen atoms in total. The largest absolute Gasteiger partial charge is 0.488 e. The zero-order valence-electron chi connectivity index (χ0n) is 10.1. The third kappa shape index (κ3) is 2.33. The van der Waals surface area contributed by atoms with E-state index in [-0.39, 0.29) is 23.9 Å². The summed E-state index contributed by atoms with van der Waals surface area (Å²) in [6, 6.07) is 6.40. The lowest BCUT2D eigenvalue weighted by Gasteiger charge is -2.22. The molecular weight excluding hydrogens is 222 g/mol. The first kappa shape index (κ1) is 13.3. The highest BCUT2D eigenvalue weighted by atomic mass is 35.5. The van der Waals surface area contributed by atoms with Gasteiger partial charge < -0.3 is 10.5 Å². The first-order valence-corrected chi connectivity index (χ1v) is 5.51. The van der Waals surface area contributed by atoms with E-state index < -0.39 is 0 Å². The molecule has 1 aliphatic rings. The van der Waals surface area contributed by atoms with Crippen LogP contribution in [0.4, 0.5) is 0 Å². The Morgan fingerprint density at radius 3 is 2.62 bits per heavy atom. The van der Waals surface area contributed by atoms with Crippen molar-refractivity contribution in [3.05, 3.63) is 29.3 Å². The summed E-state index contributed by atoms with van der Waals surface area (Å²) in [6.07, 6.45) is 1.12. The average molecular weight is 242 g/mol. The number of halogens is 1. The monoisotopic (exact) mass is 241 g/mol. The molecule has 16 heavy (non-hydrogen) atoms. The molecule has 1 aromatic rings. The van der Waals surface area contributed by atoms with Crippen molar-refractivity contribution < 1.29 is 4.74 Å². The summed E-state index contributed by atoms with van der Waals surface area (Å²) in [6.45, 7) is 7.23. The smallest absolute Gasteiger partial charge is 0.126 e. The van der Waals surface area contributed by atoms with E-state index in [1.165, 1.54) is 11.1 Å². The normalized spacial score (nSPS) is 18.6. The summed E-state index contributed by atoms with van der Waals surface area (Å²) in [5.41, 5.74) is 8.37. The summed E-state index contributed by atoms with van der Waals surface area (Å²) >= 11 is 0. The summed E-state index contributed by atoms with van der Waals surface area (Å²) in [5.74, 6) is 1.07. The topological polar surface area (TPSA) is 35.2 Å². The maximum atomic E-state index is 5.89. The predicted molar refractivity (Wildman–Crippen MR) is 69.6 cm³/mol. The fourth-order valence-electron chi connectivity index (χ4n) is 2.06. The predicted octanol–water partition coefficient (Wildman–Crippen LogP) is 2.67. The molecule has 90 valence electrons. The molecule has 2 N–H and O–H groups in total. The molecule has 0 spiro atoms. The van der Waals surface area contributed by atoms with Crippen LogP contribution in [0.2, 0.25) is 0 Å². The van der Waals surface area contributed by atoms with Crippen LogP contribution in [0.3, 0.4) is 0 Å². The van der Waals surface area contributed by atoms with Crippen LogP contribution in [0.1, 0.15) is 31.9 Å². The summed E-state index contributed by atoms with van der Waals surface area (Å²) in [4.78, 5) is 0. The molecule has 1 heterocycles. The highest BCUT2D eigenvalue weighted by Crippen LogP contribution is 2.38. The van der Waals surface area contributed by atoms with Crippen LogP contribution in [0.15, 0.2) is 18.2 Å². The molecule has 0 fully saturated rings. The Hall–Kier alpha value is -0.730. The van der Waals surface area contributed by atoms with Crippen LogP contribution in [-0.2, 0) is 11.8 Å². The molecule has 1 unspecified atom stereocenters. The van der Waals surface area contributed by atoms with Gasteiger partial charge in [-0.05, 0) is 16.5 Å². The Morgan fingerprint density at radius 1 is 1.38 bits per heavy atom. The van der Waals surface area contributed by atoms with Crippen molar-refractivity contribution in [2.75, 3.05) is 6.54 Å². The van der Waals surface area contributed by atoms with E-state index in [1.807, 2.05) is 0 Å². The zero-order chi connectivity index (χ0) is 11.1. The van der Waals surface area contributed by atoms with Crippen LogP contribution < -0.4 is 10.5 Å². The molecular formula is C13H20ClNO. The molecule has 0 saturated carbocycles. The summed E-state index contributed by atoms with van der Waals surface area (Å²) < 4.78 is 5.89. The standard InChI is InChI=1S/C13H19NO.ClH/c1-13(2,3)11-6-4-5-9-7-10(8-14)15-12(9)11;/h4-6,10H,7-8,14H2,1-3H3;1H. The van der Waals surface area contributed by atoms with Crippen LogP contribution in [0, 0.1) is 0 Å². The van der Waals surface area contributed by atoms with Crippen molar-refractivity contribution in [1.29, 1.82) is 0 Å². The van der Waals surface area contributed by atoms with E-state index in [0.29, 0.717) is 6.54 Å². The van der Waals surface area contributed by atoms with Gasteiger partial charge in [0.2, 0.25) is 0 Å². The number of benzene rings is 1. The van der Waals surface area contributed by atoms with E-state index in [9.17, 15) is 0 Å². The average Bonchev–Trinajstić information content (AvgIpc) is 2.57. The van der Waals surface area contributed by atoms with Gasteiger partial charge in [-0.1, -0.05) is 39.0 Å². The van der Waals surface area contributed by atoms with E-state index in [2.05, 4.69) is 39.0 Å². The third-order valence-electron chi connectivity index (χ3n) is 2.90. The maximum Gasteiger partial charge on any atom is 0.126 e. The second kappa shape index (κ2) is 4.64.